The van der Waals surface area contributed by atoms with Gasteiger partial charge in [0.05, 0.1) is 11.5 Å². The standard InChI is InChI=1S/C27H33FN4O3P2/c1-26(2)23(18-8-9-22(37)21(28)14-18)32(25(34)35-26)24(33)30-15-20(36)16-31-12-10-27(17-29,11-13-31)19-6-4-3-5-7-19/h3-9,14,20,23H,10-13,15-16,36-37H2,1-2H3,(H,30,33). The SMILES string of the molecule is CC1(C)OC(=O)N(C(=O)NCC(P)CN2CCC(C#N)(c3ccccc3)CC2)C1c1ccc(P)c(F)c1. The van der Waals surface area contributed by atoms with Crippen LogP contribution >= 0.6 is 18.5 Å². The number of nitriles is 1. The first-order valence-electron chi connectivity index (χ1n) is 12.4. The van der Waals surface area contributed by atoms with Crippen molar-refractivity contribution < 1.29 is 18.7 Å². The number of amides is 3. The Balaban J connectivity index is 1.35. The zero-order chi connectivity index (χ0) is 26.8. The number of imide groups is 1. The lowest BCUT2D eigenvalue weighted by atomic mass is 9.74. The highest BCUT2D eigenvalue weighted by atomic mass is 31.0. The lowest BCUT2D eigenvalue weighted by Gasteiger charge is -2.38. The van der Waals surface area contributed by atoms with Crippen LogP contribution in [0.1, 0.15) is 43.9 Å². The zero-order valence-corrected chi connectivity index (χ0v) is 23.4. The van der Waals surface area contributed by atoms with Crippen LogP contribution in [0.5, 0.6) is 0 Å². The molecule has 2 aromatic carbocycles. The van der Waals surface area contributed by atoms with Gasteiger partial charge in [-0.3, -0.25) is 0 Å². The van der Waals surface area contributed by atoms with E-state index in [2.05, 4.69) is 34.8 Å². The highest BCUT2D eigenvalue weighted by Crippen LogP contribution is 2.41. The molecule has 2 saturated heterocycles. The van der Waals surface area contributed by atoms with Crippen LogP contribution in [0.3, 0.4) is 0 Å². The van der Waals surface area contributed by atoms with Crippen LogP contribution in [0.25, 0.3) is 0 Å². The van der Waals surface area contributed by atoms with Gasteiger partial charge in [0, 0.05) is 37.1 Å². The molecule has 0 aliphatic carbocycles. The van der Waals surface area contributed by atoms with Crippen molar-refractivity contribution in [3.8, 4) is 6.07 Å². The van der Waals surface area contributed by atoms with E-state index in [9.17, 15) is 19.2 Å². The van der Waals surface area contributed by atoms with Crippen LogP contribution in [0.15, 0.2) is 48.5 Å². The summed E-state index contributed by atoms with van der Waals surface area (Å²) in [6.45, 7) is 6.04. The third kappa shape index (κ3) is 5.80. The second-order valence-corrected chi connectivity index (χ2v) is 11.9. The van der Waals surface area contributed by atoms with E-state index in [1.165, 1.54) is 6.07 Å². The van der Waals surface area contributed by atoms with Gasteiger partial charge < -0.3 is 15.0 Å². The van der Waals surface area contributed by atoms with Gasteiger partial charge >= 0.3 is 12.1 Å². The number of nitrogens with zero attached hydrogens (tertiary/aromatic N) is 3. The number of carbonyl (C=O) groups excluding carboxylic acids is 2. The molecule has 1 N–H and O–H groups in total. The lowest BCUT2D eigenvalue weighted by molar-refractivity contribution is 0.0676. The van der Waals surface area contributed by atoms with Crippen molar-refractivity contribution in [2.75, 3.05) is 26.2 Å². The maximum atomic E-state index is 14.3. The molecule has 0 saturated carbocycles. The number of benzene rings is 2. The highest BCUT2D eigenvalue weighted by Gasteiger charge is 2.51. The first kappa shape index (κ1) is 27.5. The van der Waals surface area contributed by atoms with Gasteiger partial charge in [0.1, 0.15) is 17.5 Å². The maximum absolute atomic E-state index is 14.3. The van der Waals surface area contributed by atoms with Crippen LogP contribution < -0.4 is 10.6 Å². The van der Waals surface area contributed by atoms with Crippen LogP contribution in [-0.4, -0.2) is 59.4 Å². The van der Waals surface area contributed by atoms with Crippen molar-refractivity contribution in [3.63, 3.8) is 0 Å². The second-order valence-electron chi connectivity index (χ2n) is 10.3. The summed E-state index contributed by atoms with van der Waals surface area (Å²) in [6, 6.07) is 15.8. The fraction of sp³-hybridized carbons (Fsp3) is 0.444. The molecule has 2 aliphatic rings. The average molecular weight is 543 g/mol. The number of rotatable bonds is 6. The Morgan fingerprint density at radius 2 is 1.92 bits per heavy atom. The fourth-order valence-corrected chi connectivity index (χ4v) is 5.85. The summed E-state index contributed by atoms with van der Waals surface area (Å²) in [7, 11) is 5.07. The Labute approximate surface area is 222 Å². The van der Waals surface area contributed by atoms with Crippen molar-refractivity contribution in [3.05, 3.63) is 65.5 Å². The number of cyclic esters (lactones) is 1. The normalized spacial score (nSPS) is 21.7. The molecule has 0 bridgehead atoms. The number of halogens is 1. The van der Waals surface area contributed by atoms with Crippen molar-refractivity contribution in [1.82, 2.24) is 15.1 Å². The second kappa shape index (κ2) is 11.0. The van der Waals surface area contributed by atoms with E-state index >= 15 is 0 Å². The van der Waals surface area contributed by atoms with E-state index < -0.39 is 35.0 Å². The van der Waals surface area contributed by atoms with Gasteiger partial charge in [-0.1, -0.05) is 42.5 Å². The monoisotopic (exact) mass is 542 g/mol. The molecule has 4 unspecified atom stereocenters. The molecule has 4 rings (SSSR count). The number of piperidine rings is 1. The van der Waals surface area contributed by atoms with Crippen molar-refractivity contribution in [2.24, 2.45) is 0 Å². The third-order valence-corrected chi connectivity index (χ3v) is 8.20. The molecule has 4 atom stereocenters. The van der Waals surface area contributed by atoms with Gasteiger partial charge in [-0.15, -0.1) is 18.5 Å². The summed E-state index contributed by atoms with van der Waals surface area (Å²) in [5.41, 5.74) is 0.116. The number of hydrogen-bond donors (Lipinski definition) is 1. The Kier molecular flexibility index (Phi) is 8.19. The van der Waals surface area contributed by atoms with Gasteiger partial charge in [0.15, 0.2) is 0 Å². The minimum absolute atomic E-state index is 0.0363. The van der Waals surface area contributed by atoms with Crippen LogP contribution in [0.2, 0.25) is 0 Å². The summed E-state index contributed by atoms with van der Waals surface area (Å²) < 4.78 is 19.7. The van der Waals surface area contributed by atoms with Crippen LogP contribution in [0.4, 0.5) is 14.0 Å². The molecule has 0 radical (unpaired) electrons. The Morgan fingerprint density at radius 1 is 1.24 bits per heavy atom. The highest BCUT2D eigenvalue weighted by molar-refractivity contribution is 7.27. The molecule has 2 heterocycles. The zero-order valence-electron chi connectivity index (χ0n) is 21.1. The first-order valence-corrected chi connectivity index (χ1v) is 13.6. The molecule has 10 heteroatoms. The van der Waals surface area contributed by atoms with Crippen molar-refractivity contribution in [2.45, 2.75) is 49.4 Å². The lowest BCUT2D eigenvalue weighted by Crippen LogP contribution is -2.48. The summed E-state index contributed by atoms with van der Waals surface area (Å²) >= 11 is 0. The Bertz CT molecular complexity index is 1200. The number of carbonyl (C=O) groups is 2. The summed E-state index contributed by atoms with van der Waals surface area (Å²) in [4.78, 5) is 29.1. The summed E-state index contributed by atoms with van der Waals surface area (Å²) in [6.07, 6.45) is 0.742. The average Bonchev–Trinajstić information content (AvgIpc) is 3.13. The smallest absolute Gasteiger partial charge is 0.419 e. The van der Waals surface area contributed by atoms with Crippen molar-refractivity contribution >= 4 is 35.9 Å². The molecule has 2 aliphatic heterocycles. The molecule has 7 nitrogen and oxygen atoms in total. The summed E-state index contributed by atoms with van der Waals surface area (Å²) in [5, 5.41) is 13.2. The predicted molar refractivity (Wildman–Crippen MR) is 147 cm³/mol. The first-order chi connectivity index (χ1) is 17.6. The molecule has 37 heavy (non-hydrogen) atoms. The minimum Gasteiger partial charge on any atom is -0.440 e. The van der Waals surface area contributed by atoms with Gasteiger partial charge in [0.25, 0.3) is 0 Å². The quantitative estimate of drug-likeness (QED) is 0.556. The molecular formula is C27H33FN4O3P2. The van der Waals surface area contributed by atoms with E-state index in [0.717, 1.165) is 42.9 Å². The molecule has 2 aromatic rings. The van der Waals surface area contributed by atoms with Gasteiger partial charge in [-0.25, -0.2) is 18.9 Å². The van der Waals surface area contributed by atoms with Gasteiger partial charge in [-0.2, -0.15) is 5.26 Å². The maximum Gasteiger partial charge on any atom is 0.419 e. The van der Waals surface area contributed by atoms with E-state index in [1.54, 1.807) is 26.0 Å². The molecule has 196 valence electrons. The number of ether oxygens (including phenoxy) is 1. The number of urea groups is 1. The number of likely N-dealkylation sites (tertiary alicyclic amines) is 1. The Hall–Kier alpha value is -2.58. The molecule has 3 amide bonds. The van der Waals surface area contributed by atoms with Crippen LogP contribution in [-0.2, 0) is 10.2 Å². The largest absolute Gasteiger partial charge is 0.440 e. The predicted octanol–water partition coefficient (Wildman–Crippen LogP) is 4.11. The fourth-order valence-electron chi connectivity index (χ4n) is 5.25. The van der Waals surface area contributed by atoms with E-state index in [1.807, 2.05) is 30.3 Å². The van der Waals surface area contributed by atoms with E-state index in [-0.39, 0.29) is 5.66 Å². The van der Waals surface area contributed by atoms with Crippen molar-refractivity contribution in [1.29, 1.82) is 5.26 Å². The van der Waals surface area contributed by atoms with Crippen LogP contribution in [0, 0.1) is 17.1 Å². The third-order valence-electron chi connectivity index (χ3n) is 7.28. The van der Waals surface area contributed by atoms with E-state index in [0.29, 0.717) is 17.4 Å². The summed E-state index contributed by atoms with van der Waals surface area (Å²) in [5.74, 6) is -0.433. The molecular weight excluding hydrogens is 509 g/mol. The topological polar surface area (TPSA) is 85.7 Å². The molecule has 0 spiro atoms. The number of hydrogen-bond acceptors (Lipinski definition) is 5. The molecule has 0 aromatic heterocycles. The van der Waals surface area contributed by atoms with Gasteiger partial charge in [-0.05, 0) is 43.9 Å². The number of nitrogens with one attached hydrogen (secondary N) is 1. The van der Waals surface area contributed by atoms with Gasteiger partial charge in [0.2, 0.25) is 0 Å². The minimum atomic E-state index is -1.01. The van der Waals surface area contributed by atoms with E-state index in [4.69, 9.17) is 4.74 Å². The molecule has 2 fully saturated rings. The Morgan fingerprint density at radius 3 is 2.54 bits per heavy atom.